The van der Waals surface area contributed by atoms with Crippen LogP contribution in [0.4, 0.5) is 0 Å². The molecule has 4 nitrogen and oxygen atoms in total. The van der Waals surface area contributed by atoms with E-state index >= 15 is 0 Å². The Labute approximate surface area is 128 Å². The van der Waals surface area contributed by atoms with Crippen LogP contribution in [0.3, 0.4) is 0 Å². The van der Waals surface area contributed by atoms with Gasteiger partial charge in [0.05, 0.1) is 0 Å². The van der Waals surface area contributed by atoms with Crippen LogP contribution in [-0.4, -0.2) is 11.9 Å². The van der Waals surface area contributed by atoms with Crippen LogP contribution in [-0.2, 0) is 26.7 Å². The van der Waals surface area contributed by atoms with Crippen molar-refractivity contribution >= 4 is 11.9 Å². The molecular formula is C14H28CuO4. The van der Waals surface area contributed by atoms with Crippen molar-refractivity contribution < 1.29 is 36.9 Å². The quantitative estimate of drug-likeness (QED) is 0.527. The van der Waals surface area contributed by atoms with Gasteiger partial charge in [0.2, 0.25) is 0 Å². The Balaban J connectivity index is -0.0000000865. The monoisotopic (exact) mass is 323 g/mol. The van der Waals surface area contributed by atoms with Gasteiger partial charge >= 0.3 is 17.1 Å². The molecule has 0 rings (SSSR count). The van der Waals surface area contributed by atoms with Crippen molar-refractivity contribution in [3.63, 3.8) is 0 Å². The molecule has 0 N–H and O–H groups in total. The third-order valence-electron chi connectivity index (χ3n) is 1.87. The van der Waals surface area contributed by atoms with E-state index in [1.54, 1.807) is 13.8 Å². The molecule has 0 heterocycles. The minimum atomic E-state index is -0.961. The van der Waals surface area contributed by atoms with Gasteiger partial charge in [0, 0.05) is 11.9 Å². The molecule has 0 spiro atoms. The van der Waals surface area contributed by atoms with Crippen molar-refractivity contribution in [2.75, 3.05) is 0 Å². The second-order valence-corrected chi connectivity index (χ2v) is 3.95. The molecule has 0 aromatic heterocycles. The van der Waals surface area contributed by atoms with Crippen LogP contribution in [0.5, 0.6) is 0 Å². The molecule has 0 saturated carbocycles. The number of carboxylic acids is 2. The summed E-state index contributed by atoms with van der Waals surface area (Å²) in [5, 5.41) is 19.0. The van der Waals surface area contributed by atoms with Gasteiger partial charge in [0.25, 0.3) is 0 Å². The summed E-state index contributed by atoms with van der Waals surface area (Å²) in [6, 6.07) is 0. The molecule has 1 radical (unpaired) electrons. The van der Waals surface area contributed by atoms with E-state index in [2.05, 4.69) is 13.8 Å². The Morgan fingerprint density at radius 2 is 0.947 bits per heavy atom. The van der Waals surface area contributed by atoms with E-state index in [1.807, 2.05) is 0 Å². The molecule has 0 bridgehead atoms. The summed E-state index contributed by atoms with van der Waals surface area (Å²) in [7, 11) is 0. The van der Waals surface area contributed by atoms with Crippen LogP contribution in [0, 0.1) is 0 Å². The Hall–Kier alpha value is -0.541. The normalized spacial score (nSPS) is 8.00. The van der Waals surface area contributed by atoms with Crippen LogP contribution in [0.25, 0.3) is 0 Å². The van der Waals surface area contributed by atoms with E-state index in [0.717, 1.165) is 0 Å². The van der Waals surface area contributed by atoms with E-state index in [0.29, 0.717) is 12.8 Å². The molecule has 0 aliphatic heterocycles. The molecule has 0 aliphatic rings. The summed E-state index contributed by atoms with van der Waals surface area (Å²) in [4.78, 5) is 19.0. The molecule has 0 aromatic rings. The number of hydrogen-bond acceptors (Lipinski definition) is 4. The van der Waals surface area contributed by atoms with Gasteiger partial charge in [0.15, 0.2) is 0 Å². The Kier molecular flexibility index (Phi) is 37.0. The van der Waals surface area contributed by atoms with Gasteiger partial charge in [-0.25, -0.2) is 0 Å². The van der Waals surface area contributed by atoms with Gasteiger partial charge in [-0.05, 0) is 12.8 Å². The minimum absolute atomic E-state index is 0. The number of carbonyl (C=O) groups is 2. The van der Waals surface area contributed by atoms with Gasteiger partial charge in [-0.3, -0.25) is 0 Å². The number of unbranched alkanes of at least 4 members (excludes halogenated alkanes) is 3. The first-order valence-electron chi connectivity index (χ1n) is 6.85. The first-order valence-corrected chi connectivity index (χ1v) is 6.85. The number of hydrogen-bond donors (Lipinski definition) is 0. The van der Waals surface area contributed by atoms with Crippen LogP contribution < -0.4 is 10.2 Å². The molecule has 0 fully saturated rings. The second kappa shape index (κ2) is 26.1. The molecule has 19 heavy (non-hydrogen) atoms. The predicted octanol–water partition coefficient (Wildman–Crippen LogP) is 1.66. The maximum Gasteiger partial charge on any atom is 2.00 e. The van der Waals surface area contributed by atoms with Crippen molar-refractivity contribution in [3.8, 4) is 0 Å². The van der Waals surface area contributed by atoms with Gasteiger partial charge < -0.3 is 19.8 Å². The summed E-state index contributed by atoms with van der Waals surface area (Å²) < 4.78 is 0. The van der Waals surface area contributed by atoms with Gasteiger partial charge in [-0.2, -0.15) is 0 Å². The maximum atomic E-state index is 9.49. The fraction of sp³-hybridized carbons (Fsp3) is 0.857. The topological polar surface area (TPSA) is 80.3 Å². The average molecular weight is 324 g/mol. The molecule has 0 amide bonds. The minimum Gasteiger partial charge on any atom is -0.550 e. The SMILES string of the molecule is CCCC(=O)[O-].CCCC(=O)[O-].CCCCCC.[Cu+2]. The van der Waals surface area contributed by atoms with Gasteiger partial charge in [0.1, 0.15) is 0 Å². The number of carbonyl (C=O) groups excluding carboxylic acids is 2. The van der Waals surface area contributed by atoms with E-state index in [-0.39, 0.29) is 29.9 Å². The smallest absolute Gasteiger partial charge is 0.550 e. The van der Waals surface area contributed by atoms with Crippen LogP contribution in [0.1, 0.15) is 79.1 Å². The van der Waals surface area contributed by atoms with E-state index < -0.39 is 11.9 Å². The van der Waals surface area contributed by atoms with Crippen molar-refractivity contribution in [1.29, 1.82) is 0 Å². The second-order valence-electron chi connectivity index (χ2n) is 3.95. The maximum absolute atomic E-state index is 9.49. The van der Waals surface area contributed by atoms with Crippen molar-refractivity contribution in [2.45, 2.75) is 79.1 Å². The third kappa shape index (κ3) is 58.3. The van der Waals surface area contributed by atoms with Crippen molar-refractivity contribution in [3.05, 3.63) is 0 Å². The summed E-state index contributed by atoms with van der Waals surface area (Å²) in [6.45, 7) is 8.07. The summed E-state index contributed by atoms with van der Waals surface area (Å²) in [5.74, 6) is -1.92. The molecule has 0 saturated heterocycles. The molecule has 0 unspecified atom stereocenters. The Morgan fingerprint density at radius 3 is 1.00 bits per heavy atom. The fourth-order valence-electron chi connectivity index (χ4n) is 0.908. The molecular weight excluding hydrogens is 296 g/mol. The van der Waals surface area contributed by atoms with Crippen molar-refractivity contribution in [1.82, 2.24) is 0 Å². The van der Waals surface area contributed by atoms with E-state index in [9.17, 15) is 19.8 Å². The standard InChI is InChI=1S/C6H14.2C4H8O2.Cu/c1-3-5-6-4-2;2*1-2-3-4(5)6;/h3-6H2,1-2H3;2*2-3H2,1H3,(H,5,6);/q;;;+2/p-2. The zero-order valence-corrected chi connectivity index (χ0v) is 13.5. The van der Waals surface area contributed by atoms with Crippen LogP contribution in [0.2, 0.25) is 0 Å². The molecule has 5 heteroatoms. The van der Waals surface area contributed by atoms with Crippen molar-refractivity contribution in [2.24, 2.45) is 0 Å². The summed E-state index contributed by atoms with van der Waals surface area (Å²) in [6.07, 6.45) is 7.24. The summed E-state index contributed by atoms with van der Waals surface area (Å²) >= 11 is 0. The Bertz CT molecular complexity index is 164. The molecule has 0 aliphatic carbocycles. The molecule has 0 atom stereocenters. The first kappa shape index (κ1) is 26.9. The van der Waals surface area contributed by atoms with Crippen LogP contribution in [0.15, 0.2) is 0 Å². The van der Waals surface area contributed by atoms with Gasteiger partial charge in [-0.15, -0.1) is 0 Å². The third-order valence-corrected chi connectivity index (χ3v) is 1.87. The number of aliphatic carboxylic acids is 2. The Morgan fingerprint density at radius 1 is 0.684 bits per heavy atom. The zero-order valence-electron chi connectivity index (χ0n) is 12.6. The van der Waals surface area contributed by atoms with Gasteiger partial charge in [-0.1, -0.05) is 66.2 Å². The number of rotatable bonds is 7. The summed E-state index contributed by atoms with van der Waals surface area (Å²) in [5.41, 5.74) is 0. The average Bonchev–Trinajstić information content (AvgIpc) is 2.27. The van der Waals surface area contributed by atoms with E-state index in [4.69, 9.17) is 0 Å². The van der Waals surface area contributed by atoms with E-state index in [1.165, 1.54) is 25.7 Å². The molecule has 0 aromatic carbocycles. The molecule has 119 valence electrons. The largest absolute Gasteiger partial charge is 2.00 e. The first-order chi connectivity index (χ1) is 8.45. The van der Waals surface area contributed by atoms with Crippen LogP contribution >= 0.6 is 0 Å². The fourth-order valence-corrected chi connectivity index (χ4v) is 0.908. The number of carboxylic acid groups (broad SMARTS) is 2. The predicted molar refractivity (Wildman–Crippen MR) is 69.6 cm³/mol. The zero-order chi connectivity index (χ0) is 14.8.